The molecule has 0 radical (unpaired) electrons. The summed E-state index contributed by atoms with van der Waals surface area (Å²) >= 11 is 11.7. The van der Waals surface area contributed by atoms with Crippen molar-refractivity contribution in [3.63, 3.8) is 0 Å². The number of pyridine rings is 2. The highest BCUT2D eigenvalue weighted by Gasteiger charge is 2.50. The van der Waals surface area contributed by atoms with Gasteiger partial charge < -0.3 is 67.5 Å². The minimum Gasteiger partial charge on any atom is -0.448 e. The first kappa shape index (κ1) is 55.5. The van der Waals surface area contributed by atoms with Gasteiger partial charge in [0.2, 0.25) is 34.9 Å². The molecule has 78 heavy (non-hydrogen) atoms. The van der Waals surface area contributed by atoms with Crippen LogP contribution in [0.5, 0.6) is 11.5 Å². The molecule has 8 heterocycles. The Morgan fingerprint density at radius 1 is 0.654 bits per heavy atom. The number of nitrogens with zero attached hydrogens (tertiary/aromatic N) is 4. The highest BCUT2D eigenvalue weighted by Crippen LogP contribution is 2.44. The van der Waals surface area contributed by atoms with E-state index in [4.69, 9.17) is 61.1 Å². The second-order valence-corrected chi connectivity index (χ2v) is 19.4. The number of hydrogen-bond acceptors (Lipinski definition) is 16. The van der Waals surface area contributed by atoms with E-state index < -0.39 is 95.0 Å². The fourth-order valence-electron chi connectivity index (χ4n) is 10.6. The van der Waals surface area contributed by atoms with Crippen LogP contribution in [0.15, 0.2) is 46.0 Å². The van der Waals surface area contributed by atoms with Crippen LogP contribution in [-0.2, 0) is 54.4 Å². The summed E-state index contributed by atoms with van der Waals surface area (Å²) < 4.78 is 75.0. The third-order valence-corrected chi connectivity index (χ3v) is 14.4. The quantitative estimate of drug-likeness (QED) is 0.104. The summed E-state index contributed by atoms with van der Waals surface area (Å²) in [5.41, 5.74) is -1.23. The zero-order chi connectivity index (χ0) is 55.7. The molecule has 4 amide bonds. The van der Waals surface area contributed by atoms with Crippen molar-refractivity contribution in [1.82, 2.24) is 29.6 Å². The topological polar surface area (TPSA) is 251 Å². The molecule has 0 bridgehead atoms. The minimum absolute atomic E-state index is 0.0315. The van der Waals surface area contributed by atoms with Crippen molar-refractivity contribution >= 4 is 59.1 Å². The van der Waals surface area contributed by atoms with Crippen LogP contribution in [-0.4, -0.2) is 119 Å². The molecule has 10 rings (SSSR count). The summed E-state index contributed by atoms with van der Waals surface area (Å²) in [5.74, 6) is -4.71. The van der Waals surface area contributed by atoms with E-state index in [-0.39, 0.29) is 82.1 Å². The summed E-state index contributed by atoms with van der Waals surface area (Å²) in [6.07, 6.45) is -2.82. The number of fused-ring (bicyclic) bond motifs is 4. The maximum absolute atomic E-state index is 14.4. The van der Waals surface area contributed by atoms with E-state index in [2.05, 4.69) is 10.6 Å². The first-order valence-electron chi connectivity index (χ1n) is 25.4. The van der Waals surface area contributed by atoms with Crippen LogP contribution in [0.2, 0.25) is 10.0 Å². The number of nitrogens with one attached hydrogen (secondary N) is 2. The van der Waals surface area contributed by atoms with E-state index in [1.54, 1.807) is 44.9 Å². The number of rotatable bonds is 14. The van der Waals surface area contributed by atoms with Gasteiger partial charge in [-0.3, -0.25) is 28.8 Å². The van der Waals surface area contributed by atoms with Gasteiger partial charge in [-0.25, -0.2) is 18.4 Å². The number of aromatic nitrogens is 2. The van der Waals surface area contributed by atoms with Crippen molar-refractivity contribution in [2.75, 3.05) is 39.5 Å². The first-order valence-corrected chi connectivity index (χ1v) is 26.1. The van der Waals surface area contributed by atoms with Gasteiger partial charge in [0.25, 0.3) is 23.6 Å². The van der Waals surface area contributed by atoms with Crippen molar-refractivity contribution < 1.29 is 75.4 Å². The molecule has 0 saturated carbocycles. The van der Waals surface area contributed by atoms with Crippen molar-refractivity contribution in [1.29, 1.82) is 0 Å². The number of halogens is 4. The summed E-state index contributed by atoms with van der Waals surface area (Å²) in [7, 11) is 0. The lowest BCUT2D eigenvalue weighted by molar-refractivity contribution is -0.110. The number of carbonyl (C=O) groups excluding carboxylic acids is 6. The van der Waals surface area contributed by atoms with Crippen LogP contribution in [0.3, 0.4) is 0 Å². The Morgan fingerprint density at radius 3 is 1.44 bits per heavy atom. The minimum atomic E-state index is -1.31. The lowest BCUT2D eigenvalue weighted by atomic mass is 10.1. The van der Waals surface area contributed by atoms with E-state index in [0.717, 1.165) is 0 Å². The van der Waals surface area contributed by atoms with Gasteiger partial charge in [-0.1, -0.05) is 47.5 Å². The zero-order valence-electron chi connectivity index (χ0n) is 42.7. The van der Waals surface area contributed by atoms with Gasteiger partial charge in [0.15, 0.2) is 23.8 Å². The lowest BCUT2D eigenvalue weighted by Crippen LogP contribution is -2.55. The van der Waals surface area contributed by atoms with Crippen LogP contribution < -0.4 is 31.0 Å². The van der Waals surface area contributed by atoms with Gasteiger partial charge in [0.05, 0.1) is 48.6 Å². The Balaban J connectivity index is 0.000000190. The smallest absolute Gasteiger partial charge is 0.448 e. The molecule has 0 unspecified atom stereocenters. The molecule has 2 aromatic carbocycles. The second kappa shape index (κ2) is 23.4. The standard InChI is InChI=1S/2C26H27ClFN3O8/c2*1-3-36-26(35)39-13(2)38-22-20-24(34)30-10-5-11-37-25(30)17-9-8-16(31(17)20)18(21(22)32)23(33)29-12-14-6-4-7-15(27)19(14)28/h2*4,6-7,13,17,25H,3,5,8-12H2,1-2H3,(H,29,33)/t13-,17+,25-;13-,17-,25+/m01/s1. The Morgan fingerprint density at radius 2 is 1.05 bits per heavy atom. The fourth-order valence-corrected chi connectivity index (χ4v) is 11.0. The van der Waals surface area contributed by atoms with Crippen LogP contribution in [0.25, 0.3) is 0 Å². The van der Waals surface area contributed by atoms with Gasteiger partial charge in [-0.05, 0) is 64.5 Å². The molecular formula is C52H54Cl2F2N6O16. The normalized spacial score (nSPS) is 20.1. The number of ether oxygens (including phenoxy) is 8. The van der Waals surface area contributed by atoms with Crippen LogP contribution in [0, 0.1) is 11.6 Å². The predicted molar refractivity (Wildman–Crippen MR) is 268 cm³/mol. The van der Waals surface area contributed by atoms with Crippen LogP contribution >= 0.6 is 23.2 Å². The molecule has 6 aliphatic rings. The summed E-state index contributed by atoms with van der Waals surface area (Å²) in [4.78, 5) is 108. The third kappa shape index (κ3) is 10.6. The molecule has 2 N–H and O–H groups in total. The maximum atomic E-state index is 14.4. The van der Waals surface area contributed by atoms with Crippen molar-refractivity contribution in [3.8, 4) is 11.5 Å². The van der Waals surface area contributed by atoms with E-state index in [9.17, 15) is 47.1 Å². The summed E-state index contributed by atoms with van der Waals surface area (Å²) in [5, 5.41) is 4.97. The van der Waals surface area contributed by atoms with Gasteiger partial charge in [0.1, 0.15) is 22.8 Å². The largest absolute Gasteiger partial charge is 0.511 e. The second-order valence-electron chi connectivity index (χ2n) is 18.6. The van der Waals surface area contributed by atoms with Crippen LogP contribution in [0.1, 0.15) is 130 Å². The zero-order valence-corrected chi connectivity index (χ0v) is 44.2. The van der Waals surface area contributed by atoms with E-state index in [0.29, 0.717) is 76.2 Å². The van der Waals surface area contributed by atoms with Crippen molar-refractivity contribution in [3.05, 3.63) is 124 Å². The first-order chi connectivity index (χ1) is 37.4. The van der Waals surface area contributed by atoms with E-state index >= 15 is 0 Å². The SMILES string of the molecule is CCOC(=O)O[C@@H](C)Oc1c2n3c(c(C(=O)NCc4cccc(Cl)c4F)c1=O)CC[C@@H]3[C@@H]1OCCCN1C2=O.CCOC(=O)O[C@H](C)Oc1c2n3c(c(C(=O)NCc4cccc(Cl)c4F)c1=O)CC[C@@H]3[C@@H]1OCCCN1C2=O. The highest BCUT2D eigenvalue weighted by atomic mass is 35.5. The van der Waals surface area contributed by atoms with Gasteiger partial charge in [-0.2, -0.15) is 0 Å². The number of hydrogen-bond donors (Lipinski definition) is 2. The third-order valence-electron chi connectivity index (χ3n) is 13.8. The predicted octanol–water partition coefficient (Wildman–Crippen LogP) is 6.32. The van der Waals surface area contributed by atoms with E-state index in [1.165, 1.54) is 38.1 Å². The molecule has 0 aliphatic carbocycles. The summed E-state index contributed by atoms with van der Waals surface area (Å²) in [6.45, 7) is 7.40. The molecule has 4 aromatic rings. The molecule has 26 heteroatoms. The van der Waals surface area contributed by atoms with Crippen molar-refractivity contribution in [2.24, 2.45) is 0 Å². The molecule has 6 atom stereocenters. The molecule has 0 spiro atoms. The number of carbonyl (C=O) groups is 6. The lowest BCUT2D eigenvalue weighted by Gasteiger charge is -2.44. The molecule has 6 aliphatic heterocycles. The molecule has 22 nitrogen and oxygen atoms in total. The summed E-state index contributed by atoms with van der Waals surface area (Å²) in [6, 6.07) is 8.08. The van der Waals surface area contributed by atoms with Gasteiger partial charge in [0, 0.05) is 62.5 Å². The molecule has 2 fully saturated rings. The average Bonchev–Trinajstić information content (AvgIpc) is 4.21. The Hall–Kier alpha value is -7.28. The molecular weight excluding hydrogens is 1070 g/mol. The molecule has 2 saturated heterocycles. The van der Waals surface area contributed by atoms with Gasteiger partial charge in [-0.15, -0.1) is 0 Å². The number of benzene rings is 2. The van der Waals surface area contributed by atoms with Gasteiger partial charge >= 0.3 is 12.3 Å². The molecule has 416 valence electrons. The maximum Gasteiger partial charge on any atom is 0.511 e. The monoisotopic (exact) mass is 1130 g/mol. The Bertz CT molecular complexity index is 3000. The van der Waals surface area contributed by atoms with E-state index in [1.807, 2.05) is 0 Å². The van der Waals surface area contributed by atoms with Crippen LogP contribution in [0.4, 0.5) is 18.4 Å². The Labute approximate surface area is 453 Å². The highest BCUT2D eigenvalue weighted by molar-refractivity contribution is 6.31. The van der Waals surface area contributed by atoms with Crippen molar-refractivity contribution in [2.45, 2.75) is 116 Å². The Kier molecular flexibility index (Phi) is 16.6. The fraction of sp³-hybridized carbons (Fsp3) is 0.462. The average molecular weight is 1130 g/mol. The number of amides is 4. The molecule has 2 aromatic heterocycles.